The Labute approximate surface area is 129 Å². The van der Waals surface area contributed by atoms with Gasteiger partial charge in [0.1, 0.15) is 5.41 Å². The van der Waals surface area contributed by atoms with Crippen LogP contribution in [0.2, 0.25) is 0 Å². The van der Waals surface area contributed by atoms with E-state index in [1.807, 2.05) is 4.90 Å². The number of hydrogen-bond acceptors (Lipinski definition) is 3. The van der Waals surface area contributed by atoms with Crippen molar-refractivity contribution in [1.82, 2.24) is 4.90 Å². The summed E-state index contributed by atoms with van der Waals surface area (Å²) in [7, 11) is 1.65. The molecule has 1 aliphatic carbocycles. The third kappa shape index (κ3) is 4.44. The number of carbonyl (C=O) groups excluding carboxylic acids is 1. The zero-order chi connectivity index (χ0) is 15.7. The fourth-order valence-corrected chi connectivity index (χ4v) is 3.35. The third-order valence-electron chi connectivity index (χ3n) is 4.76. The number of amides is 1. The fourth-order valence-electron chi connectivity index (χ4n) is 3.35. The molecule has 1 rings (SSSR count). The van der Waals surface area contributed by atoms with Gasteiger partial charge in [-0.15, -0.1) is 0 Å². The lowest BCUT2D eigenvalue weighted by molar-refractivity contribution is -0.143. The maximum absolute atomic E-state index is 13.1. The second kappa shape index (κ2) is 9.04. The minimum absolute atomic E-state index is 0.0395. The van der Waals surface area contributed by atoms with E-state index in [1.54, 1.807) is 7.11 Å². The summed E-state index contributed by atoms with van der Waals surface area (Å²) in [6.07, 6.45) is 7.53. The van der Waals surface area contributed by atoms with Gasteiger partial charge in [0.05, 0.1) is 12.7 Å². The summed E-state index contributed by atoms with van der Waals surface area (Å²) >= 11 is 0. The molecule has 0 unspecified atom stereocenters. The van der Waals surface area contributed by atoms with Crippen molar-refractivity contribution in [1.29, 1.82) is 5.26 Å². The Kier molecular flexibility index (Phi) is 7.74. The van der Waals surface area contributed by atoms with Crippen LogP contribution in [-0.4, -0.2) is 37.1 Å². The summed E-state index contributed by atoms with van der Waals surface area (Å²) < 4.78 is 5.16. The van der Waals surface area contributed by atoms with Crippen LogP contribution in [0.25, 0.3) is 0 Å². The number of hydrogen-bond donors (Lipinski definition) is 0. The Morgan fingerprint density at radius 1 is 1.24 bits per heavy atom. The molecular formula is C17H30N2O2. The number of nitrogens with zero attached hydrogens (tertiary/aromatic N) is 2. The first-order valence-corrected chi connectivity index (χ1v) is 8.36. The molecule has 4 nitrogen and oxygen atoms in total. The second-order valence-corrected chi connectivity index (χ2v) is 6.07. The van der Waals surface area contributed by atoms with E-state index in [0.717, 1.165) is 38.5 Å². The molecule has 0 spiro atoms. The molecule has 0 N–H and O–H groups in total. The monoisotopic (exact) mass is 294 g/mol. The highest BCUT2D eigenvalue weighted by Gasteiger charge is 2.42. The molecule has 0 aromatic carbocycles. The van der Waals surface area contributed by atoms with Crippen molar-refractivity contribution in [3.05, 3.63) is 0 Å². The molecule has 1 saturated carbocycles. The zero-order valence-electron chi connectivity index (χ0n) is 13.9. The molecule has 1 aliphatic rings. The molecule has 0 atom stereocenters. The van der Waals surface area contributed by atoms with Crippen molar-refractivity contribution < 1.29 is 9.53 Å². The average Bonchev–Trinajstić information content (AvgIpc) is 2.77. The summed E-state index contributed by atoms with van der Waals surface area (Å²) in [4.78, 5) is 15.0. The molecule has 21 heavy (non-hydrogen) atoms. The van der Waals surface area contributed by atoms with Crippen molar-refractivity contribution in [2.45, 2.75) is 71.3 Å². The van der Waals surface area contributed by atoms with Gasteiger partial charge in [-0.3, -0.25) is 4.79 Å². The van der Waals surface area contributed by atoms with Gasteiger partial charge in [0.2, 0.25) is 5.91 Å². The molecule has 1 fully saturated rings. The highest BCUT2D eigenvalue weighted by molar-refractivity contribution is 5.85. The van der Waals surface area contributed by atoms with Crippen molar-refractivity contribution in [3.8, 4) is 6.07 Å². The predicted molar refractivity (Wildman–Crippen MR) is 83.7 cm³/mol. The van der Waals surface area contributed by atoms with Gasteiger partial charge in [0.25, 0.3) is 0 Å². The largest absolute Gasteiger partial charge is 0.383 e. The van der Waals surface area contributed by atoms with Crippen molar-refractivity contribution in [3.63, 3.8) is 0 Å². The number of ether oxygens (including phenoxy) is 1. The SMILES string of the molecule is CCC(CC)N(CCOC)C(=O)C1(C#N)CCCCCC1. The van der Waals surface area contributed by atoms with E-state index in [1.165, 1.54) is 0 Å². The quantitative estimate of drug-likeness (QED) is 0.675. The van der Waals surface area contributed by atoms with E-state index in [0.29, 0.717) is 26.0 Å². The fraction of sp³-hybridized carbons (Fsp3) is 0.882. The Bertz CT molecular complexity index is 350. The van der Waals surface area contributed by atoms with Crippen LogP contribution < -0.4 is 0 Å². The number of rotatable bonds is 7. The Morgan fingerprint density at radius 3 is 2.24 bits per heavy atom. The highest BCUT2D eigenvalue weighted by Crippen LogP contribution is 2.37. The Balaban J connectivity index is 2.97. The summed E-state index contributed by atoms with van der Waals surface area (Å²) in [5.74, 6) is 0.0395. The normalized spacial score (nSPS) is 18.0. The highest BCUT2D eigenvalue weighted by atomic mass is 16.5. The van der Waals surface area contributed by atoms with E-state index in [-0.39, 0.29) is 11.9 Å². The minimum Gasteiger partial charge on any atom is -0.383 e. The molecule has 0 radical (unpaired) electrons. The van der Waals surface area contributed by atoms with Gasteiger partial charge < -0.3 is 9.64 Å². The van der Waals surface area contributed by atoms with Crippen LogP contribution in [0.4, 0.5) is 0 Å². The van der Waals surface area contributed by atoms with Crippen molar-refractivity contribution in [2.75, 3.05) is 20.3 Å². The van der Waals surface area contributed by atoms with Crippen LogP contribution >= 0.6 is 0 Å². The molecule has 0 aromatic heterocycles. The first-order valence-electron chi connectivity index (χ1n) is 8.36. The molecule has 0 aliphatic heterocycles. The van der Waals surface area contributed by atoms with Crippen LogP contribution in [0.15, 0.2) is 0 Å². The van der Waals surface area contributed by atoms with Gasteiger partial charge in [-0.25, -0.2) is 0 Å². The first-order chi connectivity index (χ1) is 10.1. The lowest BCUT2D eigenvalue weighted by Crippen LogP contribution is -2.49. The van der Waals surface area contributed by atoms with E-state index < -0.39 is 5.41 Å². The molecule has 1 amide bonds. The van der Waals surface area contributed by atoms with Crippen LogP contribution in [0.5, 0.6) is 0 Å². The van der Waals surface area contributed by atoms with Crippen molar-refractivity contribution in [2.24, 2.45) is 5.41 Å². The molecule has 0 heterocycles. The zero-order valence-corrected chi connectivity index (χ0v) is 13.9. The van der Waals surface area contributed by atoms with Gasteiger partial charge in [0.15, 0.2) is 0 Å². The predicted octanol–water partition coefficient (Wildman–Crippen LogP) is 3.51. The van der Waals surface area contributed by atoms with E-state index in [4.69, 9.17) is 4.74 Å². The lowest BCUT2D eigenvalue weighted by atomic mass is 9.80. The minimum atomic E-state index is -0.799. The molecular weight excluding hydrogens is 264 g/mol. The van der Waals surface area contributed by atoms with E-state index >= 15 is 0 Å². The number of methoxy groups -OCH3 is 1. The Hall–Kier alpha value is -1.08. The third-order valence-corrected chi connectivity index (χ3v) is 4.76. The topological polar surface area (TPSA) is 53.3 Å². The summed E-state index contributed by atoms with van der Waals surface area (Å²) in [5.41, 5.74) is -0.799. The summed E-state index contributed by atoms with van der Waals surface area (Å²) in [6.45, 7) is 5.33. The van der Waals surface area contributed by atoms with Gasteiger partial charge in [-0.1, -0.05) is 39.5 Å². The van der Waals surface area contributed by atoms with Gasteiger partial charge in [0, 0.05) is 19.7 Å². The molecule has 0 saturated heterocycles. The standard InChI is InChI=1S/C17H30N2O2/c1-4-15(5-2)19(12-13-21-3)16(20)17(14-18)10-8-6-7-9-11-17/h15H,4-13H2,1-3H3. The van der Waals surface area contributed by atoms with E-state index in [9.17, 15) is 10.1 Å². The maximum atomic E-state index is 13.1. The van der Waals surface area contributed by atoms with Gasteiger partial charge >= 0.3 is 0 Å². The lowest BCUT2D eigenvalue weighted by Gasteiger charge is -2.36. The van der Waals surface area contributed by atoms with Crippen LogP contribution in [0.3, 0.4) is 0 Å². The first kappa shape index (κ1) is 18.0. The van der Waals surface area contributed by atoms with Crippen LogP contribution in [-0.2, 0) is 9.53 Å². The molecule has 0 aromatic rings. The number of carbonyl (C=O) groups is 1. The summed E-state index contributed by atoms with van der Waals surface area (Å²) in [6, 6.07) is 2.59. The van der Waals surface area contributed by atoms with Gasteiger partial charge in [-0.2, -0.15) is 5.26 Å². The van der Waals surface area contributed by atoms with Crippen LogP contribution in [0, 0.1) is 16.7 Å². The molecule has 120 valence electrons. The molecule has 0 bridgehead atoms. The summed E-state index contributed by atoms with van der Waals surface area (Å²) in [5, 5.41) is 9.71. The van der Waals surface area contributed by atoms with Crippen molar-refractivity contribution >= 4 is 5.91 Å². The average molecular weight is 294 g/mol. The van der Waals surface area contributed by atoms with Gasteiger partial charge in [-0.05, 0) is 25.7 Å². The smallest absolute Gasteiger partial charge is 0.243 e. The molecule has 4 heteroatoms. The van der Waals surface area contributed by atoms with Crippen LogP contribution in [0.1, 0.15) is 65.2 Å². The Morgan fingerprint density at radius 2 is 1.81 bits per heavy atom. The maximum Gasteiger partial charge on any atom is 0.243 e. The second-order valence-electron chi connectivity index (χ2n) is 6.07. The van der Waals surface area contributed by atoms with E-state index in [2.05, 4.69) is 19.9 Å². The number of nitriles is 1.